The molecule has 96 valence electrons. The first-order valence-electron chi connectivity index (χ1n) is 6.63. The minimum atomic E-state index is 0.635. The third-order valence-corrected chi connectivity index (χ3v) is 5.11. The highest BCUT2D eigenvalue weighted by molar-refractivity contribution is 7.19. The normalized spacial score (nSPS) is 21.6. The van der Waals surface area contributed by atoms with Crippen molar-refractivity contribution in [2.24, 2.45) is 0 Å². The molecule has 3 rings (SSSR count). The Labute approximate surface area is 113 Å². The average Bonchev–Trinajstić information content (AvgIpc) is 2.69. The van der Waals surface area contributed by atoms with Gasteiger partial charge in [0.15, 0.2) is 0 Å². The molecular formula is C15H20N2S. The van der Waals surface area contributed by atoms with Crippen LogP contribution in [-0.2, 0) is 6.42 Å². The smallest absolute Gasteiger partial charge is 0.0348 e. The fraction of sp³-hybridized carbons (Fsp3) is 0.467. The molecule has 1 fully saturated rings. The van der Waals surface area contributed by atoms with Crippen LogP contribution in [0.5, 0.6) is 0 Å². The molecule has 1 aliphatic heterocycles. The number of hydrogen-bond donors (Lipinski definition) is 1. The third-order valence-electron chi connectivity index (χ3n) is 3.98. The van der Waals surface area contributed by atoms with Gasteiger partial charge in [-0.25, -0.2) is 0 Å². The van der Waals surface area contributed by atoms with Crippen LogP contribution in [-0.4, -0.2) is 37.6 Å². The number of likely N-dealkylation sites (N-methyl/N-ethyl adjacent to an activating group) is 1. The maximum absolute atomic E-state index is 3.51. The highest BCUT2D eigenvalue weighted by Crippen LogP contribution is 2.31. The molecule has 0 spiro atoms. The predicted octanol–water partition coefficient (Wildman–Crippen LogP) is 2.66. The van der Waals surface area contributed by atoms with Crippen LogP contribution >= 0.6 is 11.3 Å². The minimum Gasteiger partial charge on any atom is -0.314 e. The lowest BCUT2D eigenvalue weighted by molar-refractivity contribution is 0.199. The first-order valence-corrected chi connectivity index (χ1v) is 7.45. The second kappa shape index (κ2) is 5.00. The molecule has 2 nitrogen and oxygen atoms in total. The Kier molecular flexibility index (Phi) is 3.37. The zero-order valence-corrected chi connectivity index (χ0v) is 11.9. The summed E-state index contributed by atoms with van der Waals surface area (Å²) >= 11 is 1.93. The lowest BCUT2D eigenvalue weighted by atomic mass is 10.0. The van der Waals surface area contributed by atoms with Crippen molar-refractivity contribution in [3.63, 3.8) is 0 Å². The number of nitrogens with one attached hydrogen (secondary N) is 1. The number of aryl methyl sites for hydroxylation is 1. The molecule has 0 aliphatic carbocycles. The first kappa shape index (κ1) is 12.2. The molecule has 0 bridgehead atoms. The maximum atomic E-state index is 3.51. The third kappa shape index (κ3) is 2.18. The summed E-state index contributed by atoms with van der Waals surface area (Å²) < 4.78 is 1.43. The van der Waals surface area contributed by atoms with Gasteiger partial charge in [0.25, 0.3) is 0 Å². The molecule has 3 heteroatoms. The molecule has 1 N–H and O–H groups in total. The van der Waals surface area contributed by atoms with E-state index in [-0.39, 0.29) is 0 Å². The molecule has 1 atom stereocenters. The number of hydrogen-bond acceptors (Lipinski definition) is 3. The molecule has 2 aromatic rings. The van der Waals surface area contributed by atoms with Crippen LogP contribution in [0.4, 0.5) is 0 Å². The monoisotopic (exact) mass is 260 g/mol. The molecule has 1 saturated heterocycles. The Morgan fingerprint density at radius 3 is 3.06 bits per heavy atom. The fourth-order valence-corrected chi connectivity index (χ4v) is 3.90. The van der Waals surface area contributed by atoms with E-state index in [0.29, 0.717) is 6.04 Å². The van der Waals surface area contributed by atoms with E-state index in [1.54, 1.807) is 5.56 Å². The second-order valence-electron chi connectivity index (χ2n) is 5.18. The van der Waals surface area contributed by atoms with E-state index in [2.05, 4.69) is 48.5 Å². The average molecular weight is 260 g/mol. The molecule has 2 heterocycles. The van der Waals surface area contributed by atoms with Gasteiger partial charge in [0, 0.05) is 35.3 Å². The standard InChI is InChI=1S/C15H20N2S/c1-11-14(9-12-10-16-7-8-17(12)2)13-5-3-4-6-15(13)18-11/h3-6,12,16H,7-10H2,1-2H3. The molecule has 1 aromatic heterocycles. The van der Waals surface area contributed by atoms with Crippen molar-refractivity contribution >= 4 is 21.4 Å². The number of nitrogens with zero attached hydrogens (tertiary/aromatic N) is 1. The molecule has 1 aromatic carbocycles. The molecule has 0 saturated carbocycles. The van der Waals surface area contributed by atoms with E-state index >= 15 is 0 Å². The van der Waals surface area contributed by atoms with Crippen molar-refractivity contribution < 1.29 is 0 Å². The minimum absolute atomic E-state index is 0.635. The van der Waals surface area contributed by atoms with E-state index in [9.17, 15) is 0 Å². The molecule has 1 unspecified atom stereocenters. The number of benzene rings is 1. The zero-order valence-electron chi connectivity index (χ0n) is 11.1. The zero-order chi connectivity index (χ0) is 12.5. The van der Waals surface area contributed by atoms with Crippen LogP contribution < -0.4 is 5.32 Å². The summed E-state index contributed by atoms with van der Waals surface area (Å²) in [5.41, 5.74) is 1.55. The molecule has 0 amide bonds. The Balaban J connectivity index is 1.92. The number of rotatable bonds is 2. The van der Waals surface area contributed by atoms with Crippen molar-refractivity contribution in [3.05, 3.63) is 34.7 Å². The Bertz CT molecular complexity index is 546. The van der Waals surface area contributed by atoms with Gasteiger partial charge in [-0.05, 0) is 37.4 Å². The van der Waals surface area contributed by atoms with Gasteiger partial charge in [-0.3, -0.25) is 0 Å². The molecule has 1 aliphatic rings. The van der Waals surface area contributed by atoms with Crippen molar-refractivity contribution in [1.82, 2.24) is 10.2 Å². The van der Waals surface area contributed by atoms with Crippen molar-refractivity contribution in [3.8, 4) is 0 Å². The van der Waals surface area contributed by atoms with Crippen molar-refractivity contribution in [2.45, 2.75) is 19.4 Å². The Morgan fingerprint density at radius 2 is 2.22 bits per heavy atom. The summed E-state index contributed by atoms with van der Waals surface area (Å²) in [7, 11) is 2.25. The summed E-state index contributed by atoms with van der Waals surface area (Å²) in [4.78, 5) is 3.97. The summed E-state index contributed by atoms with van der Waals surface area (Å²) in [5.74, 6) is 0. The van der Waals surface area contributed by atoms with E-state index in [0.717, 1.165) is 19.6 Å². The van der Waals surface area contributed by atoms with Gasteiger partial charge in [-0.1, -0.05) is 18.2 Å². The van der Waals surface area contributed by atoms with Crippen LogP contribution in [0.1, 0.15) is 10.4 Å². The van der Waals surface area contributed by atoms with E-state index in [1.807, 2.05) is 11.3 Å². The number of thiophene rings is 1. The van der Waals surface area contributed by atoms with Crippen LogP contribution in [0.3, 0.4) is 0 Å². The lowest BCUT2D eigenvalue weighted by Gasteiger charge is -2.33. The summed E-state index contributed by atoms with van der Waals surface area (Å²) in [6.45, 7) is 5.65. The number of piperazine rings is 1. The largest absolute Gasteiger partial charge is 0.314 e. The maximum Gasteiger partial charge on any atom is 0.0348 e. The fourth-order valence-electron chi connectivity index (χ4n) is 2.80. The summed E-state index contributed by atoms with van der Waals surface area (Å²) in [5, 5.41) is 4.96. The molecular weight excluding hydrogens is 240 g/mol. The summed E-state index contributed by atoms with van der Waals surface area (Å²) in [6.07, 6.45) is 1.17. The van der Waals surface area contributed by atoms with Gasteiger partial charge >= 0.3 is 0 Å². The van der Waals surface area contributed by atoms with Crippen LogP contribution in [0.15, 0.2) is 24.3 Å². The van der Waals surface area contributed by atoms with Gasteiger partial charge in [0.1, 0.15) is 0 Å². The first-order chi connectivity index (χ1) is 8.75. The Morgan fingerprint density at radius 1 is 1.39 bits per heavy atom. The van der Waals surface area contributed by atoms with Gasteiger partial charge in [0.05, 0.1) is 0 Å². The van der Waals surface area contributed by atoms with Crippen molar-refractivity contribution in [1.29, 1.82) is 0 Å². The van der Waals surface area contributed by atoms with E-state index in [1.165, 1.54) is 21.4 Å². The van der Waals surface area contributed by atoms with E-state index in [4.69, 9.17) is 0 Å². The molecule has 18 heavy (non-hydrogen) atoms. The SMILES string of the molecule is Cc1sc2ccccc2c1CC1CNCCN1C. The topological polar surface area (TPSA) is 15.3 Å². The van der Waals surface area contributed by atoms with Gasteiger partial charge < -0.3 is 10.2 Å². The van der Waals surface area contributed by atoms with Gasteiger partial charge in [-0.2, -0.15) is 0 Å². The molecule has 0 radical (unpaired) electrons. The van der Waals surface area contributed by atoms with Crippen LogP contribution in [0, 0.1) is 6.92 Å². The van der Waals surface area contributed by atoms with Crippen molar-refractivity contribution in [2.75, 3.05) is 26.7 Å². The van der Waals surface area contributed by atoms with Gasteiger partial charge in [-0.15, -0.1) is 11.3 Å². The van der Waals surface area contributed by atoms with E-state index < -0.39 is 0 Å². The highest BCUT2D eigenvalue weighted by atomic mass is 32.1. The quantitative estimate of drug-likeness (QED) is 0.893. The van der Waals surface area contributed by atoms with Gasteiger partial charge in [0.2, 0.25) is 0 Å². The lowest BCUT2D eigenvalue weighted by Crippen LogP contribution is -2.50. The Hall–Kier alpha value is -0.900. The predicted molar refractivity (Wildman–Crippen MR) is 79.6 cm³/mol. The second-order valence-corrected chi connectivity index (χ2v) is 6.43. The number of fused-ring (bicyclic) bond motifs is 1. The highest BCUT2D eigenvalue weighted by Gasteiger charge is 2.21. The summed E-state index contributed by atoms with van der Waals surface area (Å²) in [6, 6.07) is 9.43. The van der Waals surface area contributed by atoms with Crippen LogP contribution in [0.2, 0.25) is 0 Å². The van der Waals surface area contributed by atoms with Crippen LogP contribution in [0.25, 0.3) is 10.1 Å².